The third kappa shape index (κ3) is 18.8. The molecule has 0 radical (unpaired) electrons. The number of carbonyl (C=O) groups is 1. The number of aliphatic hydroxyl groups is 2. The van der Waals surface area contributed by atoms with Crippen molar-refractivity contribution in [3.63, 3.8) is 0 Å². The number of hydrogen-bond donors (Lipinski definition) is 5. The van der Waals surface area contributed by atoms with E-state index in [9.17, 15) is 29.3 Å². The molecule has 5 unspecified atom stereocenters. The molecule has 14 heteroatoms. The lowest BCUT2D eigenvalue weighted by Gasteiger charge is -2.31. The first-order chi connectivity index (χ1) is 20.4. The second kappa shape index (κ2) is 21.8. The second-order valence-electron chi connectivity index (χ2n) is 12.2. The molecule has 13 nitrogen and oxygen atoms in total. The zero-order valence-corrected chi connectivity index (χ0v) is 29.7. The van der Waals surface area contributed by atoms with Crippen molar-refractivity contribution in [1.29, 1.82) is 0 Å². The van der Waals surface area contributed by atoms with Crippen molar-refractivity contribution >= 4 is 19.5 Å². The summed E-state index contributed by atoms with van der Waals surface area (Å²) in [5.41, 5.74) is 4.61. The highest BCUT2D eigenvalue weighted by Gasteiger charge is 2.37. The van der Waals surface area contributed by atoms with Crippen LogP contribution in [-0.4, -0.2) is 69.6 Å². The lowest BCUT2D eigenvalue weighted by Crippen LogP contribution is -2.41. The molecule has 1 heterocycles. The number of rotatable bonds is 18. The molecule has 0 saturated carbocycles. The van der Waals surface area contributed by atoms with E-state index in [1.54, 1.807) is 0 Å². The number of nitrogens with zero attached hydrogens (tertiary/aromatic N) is 2. The van der Waals surface area contributed by atoms with Gasteiger partial charge in [-0.1, -0.05) is 68.7 Å². The molecule has 1 rings (SSSR count). The Morgan fingerprint density at radius 2 is 1.75 bits per heavy atom. The van der Waals surface area contributed by atoms with E-state index in [0.717, 1.165) is 11.0 Å². The summed E-state index contributed by atoms with van der Waals surface area (Å²) in [6.07, 6.45) is 0.186. The number of nitrogens with one attached hydrogen (secondary N) is 1. The minimum absolute atomic E-state index is 0.00583. The molecule has 0 saturated heterocycles. The number of nitrogens with two attached hydrogens (primary N) is 1. The Morgan fingerprint density at radius 3 is 2.25 bits per heavy atom. The molecule has 260 valence electrons. The Bertz CT molecular complexity index is 1030. The van der Waals surface area contributed by atoms with Crippen LogP contribution in [0.5, 0.6) is 0 Å². The molecule has 0 fully saturated rings. The maximum Gasteiger partial charge on any atom is 0.472 e. The van der Waals surface area contributed by atoms with Crippen molar-refractivity contribution < 1.29 is 38.3 Å². The summed E-state index contributed by atoms with van der Waals surface area (Å²) >= 11 is 0. The van der Waals surface area contributed by atoms with Gasteiger partial charge in [-0.25, -0.2) is 9.36 Å². The highest BCUT2D eigenvalue weighted by atomic mass is 31.2. The molecule has 0 aliphatic heterocycles. The monoisotopic (exact) mass is 652 g/mol. The van der Waals surface area contributed by atoms with E-state index in [2.05, 4.69) is 44.9 Å². The fourth-order valence-corrected chi connectivity index (χ4v) is 5.74. The molecule has 0 aliphatic rings. The van der Waals surface area contributed by atoms with Crippen LogP contribution in [0.2, 0.25) is 0 Å². The van der Waals surface area contributed by atoms with Crippen LogP contribution in [-0.2, 0) is 23.1 Å². The number of hydrogen-bond acceptors (Lipinski definition) is 10. The van der Waals surface area contributed by atoms with Gasteiger partial charge in [0, 0.05) is 38.8 Å². The quantitative estimate of drug-likeness (QED) is 0.109. The Morgan fingerprint density at radius 1 is 1.16 bits per heavy atom. The number of anilines is 1. The van der Waals surface area contributed by atoms with Gasteiger partial charge in [-0.05, 0) is 43.1 Å². The molecular formula is C30H61N4O9P. The van der Waals surface area contributed by atoms with Gasteiger partial charge in [0.2, 0.25) is 5.91 Å². The lowest BCUT2D eigenvalue weighted by atomic mass is 9.74. The fourth-order valence-electron chi connectivity index (χ4n) is 4.69. The first kappa shape index (κ1) is 44.3. The molecule has 1 aromatic rings. The zero-order chi connectivity index (χ0) is 34.7. The Labute approximate surface area is 264 Å². The van der Waals surface area contributed by atoms with Gasteiger partial charge in [-0.3, -0.25) is 18.4 Å². The van der Waals surface area contributed by atoms with Gasteiger partial charge >= 0.3 is 13.5 Å². The van der Waals surface area contributed by atoms with Crippen molar-refractivity contribution in [1.82, 2.24) is 14.9 Å². The standard InChI is InChI=1S/C26H49N4O9P.2C2H6/c1-18(37-7)22(23(33)30-13-11-20(27)29-24(30)34)39-40(35,36)38-16-19(15-31)10-8-9-12-28-21(32)14-26(5,6)17-25(2,3)4;2*1-2/h11,13,18-19,22-23,31,33H,8-10,12,14-17H2,1-7H3,(H,28,32)(H,35,36)(H2,27,29,34);2*1-2H3. The van der Waals surface area contributed by atoms with Crippen molar-refractivity contribution in [2.45, 2.75) is 120 Å². The highest BCUT2D eigenvalue weighted by Crippen LogP contribution is 2.47. The molecular weight excluding hydrogens is 591 g/mol. The molecule has 0 aliphatic carbocycles. The second-order valence-corrected chi connectivity index (χ2v) is 13.6. The van der Waals surface area contributed by atoms with Gasteiger partial charge in [-0.15, -0.1) is 0 Å². The summed E-state index contributed by atoms with van der Waals surface area (Å²) in [4.78, 5) is 38.3. The summed E-state index contributed by atoms with van der Waals surface area (Å²) in [7, 11) is -3.44. The molecule has 44 heavy (non-hydrogen) atoms. The third-order valence-electron chi connectivity index (χ3n) is 6.26. The smallest absolute Gasteiger partial charge is 0.396 e. The summed E-state index contributed by atoms with van der Waals surface area (Å²) in [6.45, 7) is 20.0. The number of ether oxygens (including phenoxy) is 1. The van der Waals surface area contributed by atoms with E-state index < -0.39 is 37.9 Å². The van der Waals surface area contributed by atoms with Crippen LogP contribution in [0.25, 0.3) is 0 Å². The predicted molar refractivity (Wildman–Crippen MR) is 174 cm³/mol. The summed E-state index contributed by atoms with van der Waals surface area (Å²) in [5.74, 6) is -0.523. The van der Waals surface area contributed by atoms with Gasteiger partial charge in [-0.2, -0.15) is 4.98 Å². The molecule has 1 aromatic heterocycles. The molecule has 0 bridgehead atoms. The highest BCUT2D eigenvalue weighted by molar-refractivity contribution is 7.47. The number of phosphoric acid groups is 1. The van der Waals surface area contributed by atoms with Crippen molar-refractivity contribution in [2.75, 3.05) is 32.6 Å². The average molecular weight is 653 g/mol. The lowest BCUT2D eigenvalue weighted by molar-refractivity contribution is -0.123. The van der Waals surface area contributed by atoms with E-state index in [1.165, 1.54) is 26.3 Å². The van der Waals surface area contributed by atoms with Crippen LogP contribution in [0.4, 0.5) is 5.82 Å². The third-order valence-corrected chi connectivity index (χ3v) is 7.25. The van der Waals surface area contributed by atoms with E-state index >= 15 is 0 Å². The first-order valence-electron chi connectivity index (χ1n) is 15.5. The molecule has 5 atom stereocenters. The number of methoxy groups -OCH3 is 1. The predicted octanol–water partition coefficient (Wildman–Crippen LogP) is 4.65. The van der Waals surface area contributed by atoms with E-state index in [4.69, 9.17) is 19.5 Å². The first-order valence-corrected chi connectivity index (χ1v) is 17.0. The molecule has 0 aromatic carbocycles. The topological polar surface area (TPSA) is 195 Å². The van der Waals surface area contributed by atoms with Gasteiger partial charge < -0.3 is 30.9 Å². The Kier molecular flexibility index (Phi) is 21.9. The number of carbonyl (C=O) groups excluding carboxylic acids is 1. The van der Waals surface area contributed by atoms with Gasteiger partial charge in [0.05, 0.1) is 12.7 Å². The minimum Gasteiger partial charge on any atom is -0.396 e. The number of aliphatic hydroxyl groups excluding tert-OH is 2. The van der Waals surface area contributed by atoms with Crippen LogP contribution >= 0.6 is 7.82 Å². The van der Waals surface area contributed by atoms with Gasteiger partial charge in [0.1, 0.15) is 11.9 Å². The zero-order valence-electron chi connectivity index (χ0n) is 28.8. The average Bonchev–Trinajstić information content (AvgIpc) is 2.93. The molecule has 6 N–H and O–H groups in total. The van der Waals surface area contributed by atoms with Gasteiger partial charge in [0.15, 0.2) is 6.23 Å². The summed E-state index contributed by atoms with van der Waals surface area (Å²) in [5, 5.41) is 23.3. The Balaban J connectivity index is 0. The number of nitrogen functional groups attached to an aromatic ring is 1. The molecule has 0 spiro atoms. The van der Waals surface area contributed by atoms with Crippen molar-refractivity contribution in [3.05, 3.63) is 22.7 Å². The van der Waals surface area contributed by atoms with Crippen LogP contribution < -0.4 is 16.7 Å². The van der Waals surface area contributed by atoms with Crippen molar-refractivity contribution in [2.24, 2.45) is 16.7 Å². The number of phosphoric ester groups is 1. The van der Waals surface area contributed by atoms with Crippen LogP contribution in [0, 0.1) is 16.7 Å². The van der Waals surface area contributed by atoms with E-state index in [0.29, 0.717) is 32.2 Å². The molecule has 1 amide bonds. The largest absolute Gasteiger partial charge is 0.472 e. The fraction of sp³-hybridized carbons (Fsp3) is 0.833. The van der Waals surface area contributed by atoms with Crippen LogP contribution in [0.15, 0.2) is 17.1 Å². The maximum absolute atomic E-state index is 12.7. The van der Waals surface area contributed by atoms with Crippen LogP contribution in [0.1, 0.15) is 108 Å². The van der Waals surface area contributed by atoms with Gasteiger partial charge in [0.25, 0.3) is 0 Å². The van der Waals surface area contributed by atoms with E-state index in [-0.39, 0.29) is 35.8 Å². The SMILES string of the molecule is CC.CC.COC(C)C(OP(=O)(O)OCC(CO)CCCCNC(=O)CC(C)(C)CC(C)(C)C)C(O)n1ccc(N)nc1=O. The van der Waals surface area contributed by atoms with Crippen LogP contribution in [0.3, 0.4) is 0 Å². The van der Waals surface area contributed by atoms with E-state index in [1.807, 2.05) is 27.7 Å². The minimum atomic E-state index is -4.74. The van der Waals surface area contributed by atoms with Crippen molar-refractivity contribution in [3.8, 4) is 0 Å². The maximum atomic E-state index is 12.7. The summed E-state index contributed by atoms with van der Waals surface area (Å²) < 4.78 is 28.9. The Hall–Kier alpha value is -1.86. The number of unbranched alkanes of at least 4 members (excludes halogenated alkanes) is 1. The normalized spacial score (nSPS) is 15.8. The number of amides is 1. The number of aromatic nitrogens is 2. The summed E-state index contributed by atoms with van der Waals surface area (Å²) in [6, 6.07) is 1.28.